The summed E-state index contributed by atoms with van der Waals surface area (Å²) in [5.41, 5.74) is 0.156. The zero-order chi connectivity index (χ0) is 12.2. The second-order valence-electron chi connectivity index (χ2n) is 3.21. The van der Waals surface area contributed by atoms with Crippen molar-refractivity contribution in [2.75, 3.05) is 6.54 Å². The van der Waals surface area contributed by atoms with Crippen LogP contribution < -0.4 is 34.7 Å². The van der Waals surface area contributed by atoms with E-state index in [-0.39, 0.29) is 45.8 Å². The van der Waals surface area contributed by atoms with Gasteiger partial charge in [-0.3, -0.25) is 9.55 Å². The van der Waals surface area contributed by atoms with Gasteiger partial charge >= 0.3 is 29.6 Å². The van der Waals surface area contributed by atoms with Gasteiger partial charge in [-0.1, -0.05) is 18.7 Å². The van der Waals surface area contributed by atoms with Crippen LogP contribution in [0.4, 0.5) is 0 Å². The van der Waals surface area contributed by atoms with E-state index in [0.29, 0.717) is 6.54 Å². The molecule has 0 atom stereocenters. The van der Waals surface area contributed by atoms with Gasteiger partial charge in [0.25, 0.3) is 10.1 Å². The Kier molecular flexibility index (Phi) is 6.96. The number of benzene rings is 1. The Morgan fingerprint density at radius 3 is 2.65 bits per heavy atom. The van der Waals surface area contributed by atoms with Crippen molar-refractivity contribution in [2.45, 2.75) is 18.2 Å². The molecule has 0 unspecified atom stereocenters. The van der Waals surface area contributed by atoms with Crippen LogP contribution in [0.15, 0.2) is 28.1 Å². The van der Waals surface area contributed by atoms with E-state index < -0.39 is 10.1 Å². The number of nitrogens with zero attached hydrogens (tertiary/aromatic N) is 1. The quantitative estimate of drug-likeness (QED) is 0.381. The summed E-state index contributed by atoms with van der Waals surface area (Å²) in [5.74, 6) is -0.327. The normalized spacial score (nSPS) is 11.4. The van der Waals surface area contributed by atoms with E-state index in [1.165, 1.54) is 6.21 Å². The summed E-state index contributed by atoms with van der Waals surface area (Å²) in [6, 6.07) is 3.27. The predicted octanol–water partition coefficient (Wildman–Crippen LogP) is -2.16. The minimum absolute atomic E-state index is 0. The monoisotopic (exact) mass is 265 g/mol. The summed E-state index contributed by atoms with van der Waals surface area (Å²) in [7, 11) is -4.27. The maximum absolute atomic E-state index is 11.3. The standard InChI is InChI=1S/C10H13NO4S.Na/c1-2-5-11-7-8-6-9(16(13,14)15)3-4-10(8)12;/h3-4,6-7,12H,2,5H2,1H3,(H,13,14,15);/q;+1/p-1. The molecule has 0 aromatic heterocycles. The molecule has 0 amide bonds. The Bertz CT molecular complexity index is 499. The third-order valence-corrected chi connectivity index (χ3v) is 2.71. The molecule has 88 valence electrons. The summed E-state index contributed by atoms with van der Waals surface area (Å²) in [6.07, 6.45) is 2.16. The van der Waals surface area contributed by atoms with Crippen LogP contribution in [0.3, 0.4) is 0 Å². The first-order valence-corrected chi connectivity index (χ1v) is 6.17. The number of hydrogen-bond donors (Lipinski definition) is 1. The van der Waals surface area contributed by atoms with Crippen LogP contribution in [0, 0.1) is 0 Å². The van der Waals surface area contributed by atoms with E-state index in [9.17, 15) is 13.5 Å². The van der Waals surface area contributed by atoms with Crippen molar-refractivity contribution in [1.29, 1.82) is 0 Å². The van der Waals surface area contributed by atoms with Crippen LogP contribution in [-0.2, 0) is 10.1 Å². The van der Waals surface area contributed by atoms with E-state index in [2.05, 4.69) is 4.99 Å². The third kappa shape index (κ3) is 5.18. The first-order valence-electron chi connectivity index (χ1n) is 4.73. The van der Waals surface area contributed by atoms with Crippen LogP contribution in [0.5, 0.6) is 5.75 Å². The van der Waals surface area contributed by atoms with Crippen molar-refractivity contribution in [1.82, 2.24) is 0 Å². The molecule has 7 heteroatoms. The van der Waals surface area contributed by atoms with Crippen molar-refractivity contribution in [3.8, 4) is 5.75 Å². The second kappa shape index (κ2) is 7.13. The molecule has 0 aliphatic carbocycles. The van der Waals surface area contributed by atoms with Crippen LogP contribution in [0.25, 0.3) is 0 Å². The van der Waals surface area contributed by atoms with Gasteiger partial charge in [-0.2, -0.15) is 8.42 Å². The first kappa shape index (κ1) is 16.6. The van der Waals surface area contributed by atoms with Gasteiger partial charge in [0.1, 0.15) is 0 Å². The van der Waals surface area contributed by atoms with Gasteiger partial charge in [0.15, 0.2) is 0 Å². The molecule has 0 radical (unpaired) electrons. The van der Waals surface area contributed by atoms with E-state index in [4.69, 9.17) is 4.55 Å². The fourth-order valence-corrected chi connectivity index (χ4v) is 1.60. The molecule has 0 aliphatic heterocycles. The van der Waals surface area contributed by atoms with E-state index in [1.807, 2.05) is 6.92 Å². The van der Waals surface area contributed by atoms with Crippen LogP contribution in [0.1, 0.15) is 18.9 Å². The van der Waals surface area contributed by atoms with Crippen molar-refractivity contribution in [3.05, 3.63) is 23.8 Å². The van der Waals surface area contributed by atoms with Gasteiger partial charge in [-0.05, 0) is 24.1 Å². The average molecular weight is 265 g/mol. The number of aliphatic imine (C=N–C) groups is 1. The average Bonchev–Trinajstić information content (AvgIpc) is 2.19. The van der Waals surface area contributed by atoms with Gasteiger partial charge in [0.2, 0.25) is 0 Å². The third-order valence-electron chi connectivity index (χ3n) is 1.86. The van der Waals surface area contributed by atoms with Gasteiger partial charge in [-0.15, -0.1) is 0 Å². The second-order valence-corrected chi connectivity index (χ2v) is 4.63. The maximum Gasteiger partial charge on any atom is 1.00 e. The van der Waals surface area contributed by atoms with Crippen molar-refractivity contribution in [2.24, 2.45) is 4.99 Å². The molecule has 0 bridgehead atoms. The SMILES string of the molecule is CCCN=Cc1cc(S(=O)(=O)O)ccc1[O-].[Na+]. The topological polar surface area (TPSA) is 89.8 Å². The largest absolute Gasteiger partial charge is 1.00 e. The molecule has 1 aromatic carbocycles. The Hall–Kier alpha value is -0.400. The minimum Gasteiger partial charge on any atom is -0.872 e. The maximum atomic E-state index is 11.3. The molecule has 1 aromatic rings. The molecule has 0 heterocycles. The Labute approximate surface area is 123 Å². The zero-order valence-corrected chi connectivity index (χ0v) is 12.6. The molecule has 5 nitrogen and oxygen atoms in total. The molecule has 1 N–H and O–H groups in total. The fraction of sp³-hybridized carbons (Fsp3) is 0.300. The fourth-order valence-electron chi connectivity index (χ4n) is 1.08. The van der Waals surface area contributed by atoms with E-state index in [1.54, 1.807) is 0 Å². The van der Waals surface area contributed by atoms with Crippen molar-refractivity contribution < 1.29 is 47.6 Å². The first-order chi connectivity index (χ1) is 7.45. The summed E-state index contributed by atoms with van der Waals surface area (Å²) in [4.78, 5) is 3.64. The van der Waals surface area contributed by atoms with Crippen LogP contribution >= 0.6 is 0 Å². The Balaban J connectivity index is 0.00000256. The summed E-state index contributed by atoms with van der Waals surface area (Å²) >= 11 is 0. The van der Waals surface area contributed by atoms with Crippen molar-refractivity contribution >= 4 is 16.3 Å². The van der Waals surface area contributed by atoms with Gasteiger partial charge < -0.3 is 5.11 Å². The van der Waals surface area contributed by atoms with Crippen LogP contribution in [-0.4, -0.2) is 25.7 Å². The predicted molar refractivity (Wildman–Crippen MR) is 58.5 cm³/mol. The summed E-state index contributed by atoms with van der Waals surface area (Å²) in [5, 5.41) is 11.3. The molecular weight excluding hydrogens is 253 g/mol. The van der Waals surface area contributed by atoms with Gasteiger partial charge in [-0.25, -0.2) is 0 Å². The van der Waals surface area contributed by atoms with E-state index in [0.717, 1.165) is 24.6 Å². The minimum atomic E-state index is -4.27. The summed E-state index contributed by atoms with van der Waals surface area (Å²) < 4.78 is 30.5. The van der Waals surface area contributed by atoms with Gasteiger partial charge in [0, 0.05) is 12.8 Å². The summed E-state index contributed by atoms with van der Waals surface area (Å²) in [6.45, 7) is 2.50. The molecule has 0 saturated carbocycles. The molecular formula is C10H12NNaO4S. The van der Waals surface area contributed by atoms with Gasteiger partial charge in [0.05, 0.1) is 4.90 Å². The number of hydrogen-bond acceptors (Lipinski definition) is 4. The molecule has 1 rings (SSSR count). The molecule has 0 saturated heterocycles. The van der Waals surface area contributed by atoms with Crippen molar-refractivity contribution in [3.63, 3.8) is 0 Å². The zero-order valence-electron chi connectivity index (χ0n) is 9.75. The Morgan fingerprint density at radius 2 is 2.12 bits per heavy atom. The smallest absolute Gasteiger partial charge is 0.872 e. The molecule has 0 spiro atoms. The Morgan fingerprint density at radius 1 is 1.47 bits per heavy atom. The number of rotatable bonds is 4. The molecule has 17 heavy (non-hydrogen) atoms. The van der Waals surface area contributed by atoms with E-state index >= 15 is 0 Å². The molecule has 0 aliphatic rings. The van der Waals surface area contributed by atoms with Crippen LogP contribution in [0.2, 0.25) is 0 Å². The molecule has 0 fully saturated rings.